The molecule has 0 saturated heterocycles. The van der Waals surface area contributed by atoms with Crippen molar-refractivity contribution >= 4 is 93.6 Å². The van der Waals surface area contributed by atoms with Crippen LogP contribution in [0.5, 0.6) is 0 Å². The zero-order valence-electron chi connectivity index (χ0n) is 36.7. The quantitative estimate of drug-likeness (QED) is 0.179. The topological polar surface area (TPSA) is 75.6 Å². The molecule has 0 spiro atoms. The second kappa shape index (κ2) is 13.3. The Morgan fingerprint density at radius 1 is 0.484 bits per heavy atom. The first-order chi connectivity index (χ1) is 30.9. The Balaban J connectivity index is 1.25. The molecule has 0 aliphatic rings. The smallest absolute Gasteiger partial charge is 0.145 e. The van der Waals surface area contributed by atoms with Crippen molar-refractivity contribution in [2.24, 2.45) is 0 Å². The summed E-state index contributed by atoms with van der Waals surface area (Å²) in [4.78, 5) is 0. The van der Waals surface area contributed by atoms with Gasteiger partial charge in [-0.05, 0) is 107 Å². The fourth-order valence-electron chi connectivity index (χ4n) is 10.3. The molecule has 0 aliphatic carbocycles. The van der Waals surface area contributed by atoms with Crippen LogP contribution in [0, 0.1) is 16.7 Å². The van der Waals surface area contributed by atoms with Crippen molar-refractivity contribution in [1.29, 1.82) is 10.7 Å². The number of rotatable bonds is 4. The normalized spacial score (nSPS) is 12.6. The molecule has 0 amide bonds. The molecular formula is C58H45N5O. The molecule has 0 unspecified atom stereocenters. The van der Waals surface area contributed by atoms with E-state index >= 15 is 0 Å². The van der Waals surface area contributed by atoms with Gasteiger partial charge >= 0.3 is 0 Å². The van der Waals surface area contributed by atoms with Crippen LogP contribution in [0.25, 0.3) is 104 Å². The number of nitriles is 1. The third kappa shape index (κ3) is 5.28. The second-order valence-corrected chi connectivity index (χ2v) is 19.3. The van der Waals surface area contributed by atoms with Gasteiger partial charge in [-0.2, -0.15) is 5.26 Å². The minimum Gasteiger partial charge on any atom is -0.455 e. The lowest BCUT2D eigenvalue weighted by Gasteiger charge is -2.21. The summed E-state index contributed by atoms with van der Waals surface area (Å²) in [6.07, 6.45) is 1.43. The van der Waals surface area contributed by atoms with Crippen LogP contribution < -0.4 is 0 Å². The number of fused-ring (bicyclic) bond motifs is 13. The lowest BCUT2D eigenvalue weighted by Crippen LogP contribution is -2.11. The first-order valence-electron chi connectivity index (χ1n) is 22.0. The molecule has 0 atom stereocenters. The van der Waals surface area contributed by atoms with Crippen LogP contribution in [0.1, 0.15) is 63.8 Å². The fourth-order valence-corrected chi connectivity index (χ4v) is 10.3. The zero-order valence-corrected chi connectivity index (χ0v) is 36.7. The lowest BCUT2D eigenvalue weighted by atomic mass is 9.85. The van der Waals surface area contributed by atoms with Crippen molar-refractivity contribution in [3.8, 4) is 23.1 Å². The van der Waals surface area contributed by atoms with E-state index in [2.05, 4.69) is 189 Å². The molecule has 12 aromatic rings. The van der Waals surface area contributed by atoms with Gasteiger partial charge in [0.2, 0.25) is 0 Å². The molecule has 0 saturated carbocycles. The van der Waals surface area contributed by atoms with Gasteiger partial charge in [0.1, 0.15) is 17.2 Å². The monoisotopic (exact) mass is 827 g/mol. The average molecular weight is 828 g/mol. The van der Waals surface area contributed by atoms with Gasteiger partial charge in [-0.25, -0.2) is 0 Å². The van der Waals surface area contributed by atoms with Crippen LogP contribution in [-0.2, 0) is 10.8 Å². The van der Waals surface area contributed by atoms with Gasteiger partial charge in [-0.3, -0.25) is 0 Å². The number of benzene rings is 8. The lowest BCUT2D eigenvalue weighted by molar-refractivity contribution is 0.590. The predicted octanol–water partition coefficient (Wildman–Crippen LogP) is 15.3. The minimum absolute atomic E-state index is 0.0701. The number of furan rings is 1. The van der Waals surface area contributed by atoms with E-state index in [4.69, 9.17) is 9.83 Å². The van der Waals surface area contributed by atoms with Crippen molar-refractivity contribution in [2.45, 2.75) is 52.4 Å². The highest BCUT2D eigenvalue weighted by Gasteiger charge is 2.28. The van der Waals surface area contributed by atoms with Crippen molar-refractivity contribution in [2.75, 3.05) is 0 Å². The molecule has 0 radical (unpaired) electrons. The molecular weight excluding hydrogens is 783 g/mol. The highest BCUT2D eigenvalue weighted by Crippen LogP contribution is 2.46. The van der Waals surface area contributed by atoms with Crippen LogP contribution >= 0.6 is 0 Å². The first-order valence-corrected chi connectivity index (χ1v) is 22.0. The maximum atomic E-state index is 11.2. The third-order valence-electron chi connectivity index (χ3n) is 13.5. The van der Waals surface area contributed by atoms with Crippen LogP contribution in [0.15, 0.2) is 156 Å². The van der Waals surface area contributed by atoms with E-state index in [0.717, 1.165) is 88.0 Å². The molecule has 8 aromatic carbocycles. The largest absolute Gasteiger partial charge is 0.455 e. The molecule has 0 bridgehead atoms. The summed E-state index contributed by atoms with van der Waals surface area (Å²) in [6, 6.07) is 56.4. The minimum atomic E-state index is -0.0701. The van der Waals surface area contributed by atoms with Crippen molar-refractivity contribution < 1.29 is 4.42 Å². The highest BCUT2D eigenvalue weighted by molar-refractivity contribution is 6.24. The summed E-state index contributed by atoms with van der Waals surface area (Å²) in [5.74, 6) is 0. The first kappa shape index (κ1) is 37.8. The number of para-hydroxylation sites is 3. The number of hydrogen-bond donors (Lipinski definition) is 1. The van der Waals surface area contributed by atoms with Gasteiger partial charge < -0.3 is 23.5 Å². The van der Waals surface area contributed by atoms with Crippen molar-refractivity contribution in [3.05, 3.63) is 174 Å². The fraction of sp³-hybridized carbons (Fsp3) is 0.138. The van der Waals surface area contributed by atoms with Gasteiger partial charge in [0.05, 0.1) is 55.4 Å². The molecule has 1 N–H and O–H groups in total. The predicted molar refractivity (Wildman–Crippen MR) is 267 cm³/mol. The van der Waals surface area contributed by atoms with Crippen molar-refractivity contribution in [3.63, 3.8) is 0 Å². The van der Waals surface area contributed by atoms with Crippen LogP contribution in [0.2, 0.25) is 0 Å². The van der Waals surface area contributed by atoms with E-state index in [1.54, 1.807) is 0 Å². The van der Waals surface area contributed by atoms with E-state index in [1.165, 1.54) is 28.1 Å². The average Bonchev–Trinajstić information content (AvgIpc) is 4.03. The van der Waals surface area contributed by atoms with Gasteiger partial charge in [0, 0.05) is 55.2 Å². The van der Waals surface area contributed by atoms with E-state index < -0.39 is 0 Å². The molecule has 4 aromatic heterocycles. The summed E-state index contributed by atoms with van der Waals surface area (Å²) < 4.78 is 13.8. The maximum absolute atomic E-state index is 11.2. The number of nitrogens with one attached hydrogen (secondary N) is 1. The van der Waals surface area contributed by atoms with Gasteiger partial charge in [0.25, 0.3) is 0 Å². The molecule has 6 heteroatoms. The van der Waals surface area contributed by atoms with E-state index in [9.17, 15) is 5.26 Å². The van der Waals surface area contributed by atoms with Gasteiger partial charge in [-0.1, -0.05) is 108 Å². The Kier molecular flexibility index (Phi) is 7.87. The third-order valence-corrected chi connectivity index (χ3v) is 13.5. The summed E-state index contributed by atoms with van der Waals surface area (Å²) in [6.45, 7) is 13.5. The standard InChI is InChI=1S/C58H45N5O/c1-57(2,3)36-21-25-48-43(29-36)44-30-37(58(4,5)6)22-26-49(44)62(48)54-34(32-59)19-20-35(33-60)55(54)63-50-27-23-38(61-46-16-10-7-13-39(46)40-14-8-11-17-47(40)61)31-45(50)53-51(63)28-24-42-41-15-9-12-18-52(41)64-56(42)53/h7-32,59H,1-6H3. The Labute approximate surface area is 370 Å². The van der Waals surface area contributed by atoms with Crippen LogP contribution in [0.4, 0.5) is 0 Å². The Morgan fingerprint density at radius 3 is 1.62 bits per heavy atom. The summed E-state index contributed by atoms with van der Waals surface area (Å²) in [7, 11) is 0. The number of aromatic nitrogens is 3. The molecule has 0 aliphatic heterocycles. The summed E-state index contributed by atoms with van der Waals surface area (Å²) >= 11 is 0. The van der Waals surface area contributed by atoms with Gasteiger partial charge in [0.15, 0.2) is 0 Å². The molecule has 0 fully saturated rings. The van der Waals surface area contributed by atoms with Crippen LogP contribution in [0.3, 0.4) is 0 Å². The molecule has 4 heterocycles. The van der Waals surface area contributed by atoms with Gasteiger partial charge in [-0.15, -0.1) is 0 Å². The molecule has 12 rings (SSSR count). The molecule has 308 valence electrons. The van der Waals surface area contributed by atoms with E-state index in [-0.39, 0.29) is 10.8 Å². The Hall–Kier alpha value is -7.88. The number of nitrogens with zero attached hydrogens (tertiary/aromatic N) is 4. The molecule has 64 heavy (non-hydrogen) atoms. The Morgan fingerprint density at radius 2 is 1.02 bits per heavy atom. The van der Waals surface area contributed by atoms with E-state index in [1.807, 2.05) is 24.3 Å². The molecule has 6 nitrogen and oxygen atoms in total. The highest BCUT2D eigenvalue weighted by atomic mass is 16.3. The Bertz CT molecular complexity index is 3890. The maximum Gasteiger partial charge on any atom is 0.145 e. The second-order valence-electron chi connectivity index (χ2n) is 19.3. The summed E-state index contributed by atoms with van der Waals surface area (Å²) in [5.41, 5.74) is 13.8. The van der Waals surface area contributed by atoms with E-state index in [0.29, 0.717) is 16.8 Å². The summed E-state index contributed by atoms with van der Waals surface area (Å²) in [5, 5.41) is 28.9. The zero-order chi connectivity index (χ0) is 43.8. The SMILES string of the molecule is CC(C)(C)c1ccc2c(c1)c1cc(C(C)(C)C)ccc1n2-c1c(C=N)ccc(C#N)c1-n1c2ccc(-n3c4ccccc4c4ccccc43)cc2c2c3oc4ccccc4c3ccc21. The number of hydrogen-bond acceptors (Lipinski definition) is 3. The van der Waals surface area contributed by atoms with Crippen LogP contribution in [-0.4, -0.2) is 19.9 Å². The van der Waals surface area contributed by atoms with Crippen molar-refractivity contribution in [1.82, 2.24) is 13.7 Å².